The van der Waals surface area contributed by atoms with Crippen molar-refractivity contribution in [2.45, 2.75) is 26.8 Å². The van der Waals surface area contributed by atoms with E-state index < -0.39 is 0 Å². The molecule has 0 spiro atoms. The largest absolute Gasteiger partial charge is 0.312 e. The average molecular weight is 196 g/mol. The topological polar surface area (TPSA) is 24.9 Å². The molecule has 0 aliphatic carbocycles. The summed E-state index contributed by atoms with van der Waals surface area (Å²) in [6.45, 7) is 6.01. The lowest BCUT2D eigenvalue weighted by Crippen LogP contribution is -2.20. The molecule has 1 atom stereocenters. The molecular formula is C11H17FN2. The van der Waals surface area contributed by atoms with Gasteiger partial charge in [0.15, 0.2) is 0 Å². The highest BCUT2D eigenvalue weighted by molar-refractivity contribution is 5.09. The normalized spacial score (nSPS) is 12.8. The molecule has 1 unspecified atom stereocenters. The van der Waals surface area contributed by atoms with Gasteiger partial charge in [-0.25, -0.2) is 4.39 Å². The van der Waals surface area contributed by atoms with Crippen LogP contribution in [0.2, 0.25) is 0 Å². The molecule has 1 heterocycles. The molecule has 14 heavy (non-hydrogen) atoms. The van der Waals surface area contributed by atoms with Crippen LogP contribution in [0.25, 0.3) is 0 Å². The molecule has 1 aromatic rings. The van der Waals surface area contributed by atoms with E-state index in [1.165, 1.54) is 12.3 Å². The summed E-state index contributed by atoms with van der Waals surface area (Å²) in [5.41, 5.74) is 0.897. The summed E-state index contributed by atoms with van der Waals surface area (Å²) >= 11 is 0. The van der Waals surface area contributed by atoms with E-state index in [1.54, 1.807) is 6.20 Å². The first kappa shape index (κ1) is 11.1. The molecule has 0 saturated heterocycles. The van der Waals surface area contributed by atoms with Gasteiger partial charge in [-0.05, 0) is 24.1 Å². The zero-order valence-corrected chi connectivity index (χ0v) is 8.76. The summed E-state index contributed by atoms with van der Waals surface area (Å²) in [7, 11) is 0. The van der Waals surface area contributed by atoms with E-state index in [4.69, 9.17) is 0 Å². The maximum absolute atomic E-state index is 12.7. The van der Waals surface area contributed by atoms with Crippen LogP contribution in [0, 0.1) is 11.7 Å². The number of pyridine rings is 1. The standard InChI is InChI=1S/C11H17FN2/c1-3-9(2)5-13-6-10-4-11(12)8-14-7-10/h4,7-9,13H,3,5-6H2,1-2H3. The van der Waals surface area contributed by atoms with E-state index in [-0.39, 0.29) is 5.82 Å². The second-order valence-corrected chi connectivity index (χ2v) is 3.66. The second-order valence-electron chi connectivity index (χ2n) is 3.66. The number of halogens is 1. The summed E-state index contributed by atoms with van der Waals surface area (Å²) in [6, 6.07) is 1.51. The zero-order valence-electron chi connectivity index (χ0n) is 8.76. The van der Waals surface area contributed by atoms with E-state index >= 15 is 0 Å². The molecule has 0 aromatic carbocycles. The van der Waals surface area contributed by atoms with Crippen LogP contribution in [0.5, 0.6) is 0 Å². The van der Waals surface area contributed by atoms with E-state index in [0.29, 0.717) is 12.5 Å². The molecule has 0 saturated carbocycles. The third-order valence-electron chi connectivity index (χ3n) is 2.28. The SMILES string of the molecule is CCC(C)CNCc1cncc(F)c1. The van der Waals surface area contributed by atoms with Crippen LogP contribution in [0.4, 0.5) is 4.39 Å². The van der Waals surface area contributed by atoms with Crippen molar-refractivity contribution in [3.05, 3.63) is 29.8 Å². The van der Waals surface area contributed by atoms with Gasteiger partial charge in [-0.3, -0.25) is 4.98 Å². The number of aromatic nitrogens is 1. The smallest absolute Gasteiger partial charge is 0.141 e. The summed E-state index contributed by atoms with van der Waals surface area (Å²) in [5.74, 6) is 0.393. The Balaban J connectivity index is 2.31. The third kappa shape index (κ3) is 3.83. The van der Waals surface area contributed by atoms with Gasteiger partial charge >= 0.3 is 0 Å². The lowest BCUT2D eigenvalue weighted by molar-refractivity contribution is 0.498. The van der Waals surface area contributed by atoms with Gasteiger partial charge in [-0.2, -0.15) is 0 Å². The van der Waals surface area contributed by atoms with Crippen LogP contribution >= 0.6 is 0 Å². The molecule has 1 N–H and O–H groups in total. The van der Waals surface area contributed by atoms with Crippen LogP contribution in [0.3, 0.4) is 0 Å². The number of nitrogens with one attached hydrogen (secondary N) is 1. The highest BCUT2D eigenvalue weighted by Crippen LogP contribution is 2.02. The van der Waals surface area contributed by atoms with E-state index in [9.17, 15) is 4.39 Å². The zero-order chi connectivity index (χ0) is 10.4. The summed E-state index contributed by atoms with van der Waals surface area (Å²) in [6.07, 6.45) is 4.07. The molecule has 78 valence electrons. The number of hydrogen-bond acceptors (Lipinski definition) is 2. The van der Waals surface area contributed by atoms with Gasteiger partial charge in [0.1, 0.15) is 5.82 Å². The Hall–Kier alpha value is -0.960. The fraction of sp³-hybridized carbons (Fsp3) is 0.545. The van der Waals surface area contributed by atoms with Crippen molar-refractivity contribution in [3.63, 3.8) is 0 Å². The average Bonchev–Trinajstić information content (AvgIpc) is 2.17. The molecule has 1 aromatic heterocycles. The van der Waals surface area contributed by atoms with Crippen molar-refractivity contribution in [2.24, 2.45) is 5.92 Å². The minimum Gasteiger partial charge on any atom is -0.312 e. The van der Waals surface area contributed by atoms with Gasteiger partial charge < -0.3 is 5.32 Å². The Morgan fingerprint density at radius 1 is 1.50 bits per heavy atom. The van der Waals surface area contributed by atoms with Crippen molar-refractivity contribution < 1.29 is 4.39 Å². The molecule has 0 bridgehead atoms. The van der Waals surface area contributed by atoms with Gasteiger partial charge in [0, 0.05) is 12.7 Å². The first-order valence-corrected chi connectivity index (χ1v) is 5.02. The minimum absolute atomic E-state index is 0.271. The lowest BCUT2D eigenvalue weighted by Gasteiger charge is -2.09. The summed E-state index contributed by atoms with van der Waals surface area (Å²) < 4.78 is 12.7. The van der Waals surface area contributed by atoms with E-state index in [0.717, 1.165) is 18.5 Å². The molecule has 3 heteroatoms. The number of rotatable bonds is 5. The van der Waals surface area contributed by atoms with E-state index in [1.807, 2.05) is 0 Å². The van der Waals surface area contributed by atoms with Crippen LogP contribution in [-0.2, 0) is 6.54 Å². The fourth-order valence-corrected chi connectivity index (χ4v) is 1.16. The van der Waals surface area contributed by atoms with Gasteiger partial charge in [0.25, 0.3) is 0 Å². The van der Waals surface area contributed by atoms with Gasteiger partial charge in [-0.1, -0.05) is 20.3 Å². The molecule has 1 rings (SSSR count). The van der Waals surface area contributed by atoms with Crippen LogP contribution in [-0.4, -0.2) is 11.5 Å². The molecule has 0 aliphatic rings. The maximum atomic E-state index is 12.7. The Morgan fingerprint density at radius 3 is 2.93 bits per heavy atom. The molecule has 0 fully saturated rings. The summed E-state index contributed by atoms with van der Waals surface area (Å²) in [4.78, 5) is 3.79. The second kappa shape index (κ2) is 5.70. The maximum Gasteiger partial charge on any atom is 0.141 e. The lowest BCUT2D eigenvalue weighted by atomic mass is 10.1. The van der Waals surface area contributed by atoms with E-state index in [2.05, 4.69) is 24.1 Å². The van der Waals surface area contributed by atoms with Crippen molar-refractivity contribution in [2.75, 3.05) is 6.54 Å². The minimum atomic E-state index is -0.271. The van der Waals surface area contributed by atoms with Crippen LogP contribution in [0.15, 0.2) is 18.5 Å². The predicted molar refractivity (Wildman–Crippen MR) is 55.4 cm³/mol. The van der Waals surface area contributed by atoms with Gasteiger partial charge in [0.2, 0.25) is 0 Å². The highest BCUT2D eigenvalue weighted by Gasteiger charge is 1.99. The molecular weight excluding hydrogens is 179 g/mol. The quantitative estimate of drug-likeness (QED) is 0.782. The Labute approximate surface area is 84.6 Å². The van der Waals surface area contributed by atoms with Crippen molar-refractivity contribution in [1.82, 2.24) is 10.3 Å². The third-order valence-corrected chi connectivity index (χ3v) is 2.28. The number of hydrogen-bond donors (Lipinski definition) is 1. The number of nitrogens with zero attached hydrogens (tertiary/aromatic N) is 1. The highest BCUT2D eigenvalue weighted by atomic mass is 19.1. The summed E-state index contributed by atoms with van der Waals surface area (Å²) in [5, 5.41) is 3.27. The monoisotopic (exact) mass is 196 g/mol. The predicted octanol–water partition coefficient (Wildman–Crippen LogP) is 2.36. The van der Waals surface area contributed by atoms with Crippen molar-refractivity contribution in [1.29, 1.82) is 0 Å². The Morgan fingerprint density at radius 2 is 2.29 bits per heavy atom. The Kier molecular flexibility index (Phi) is 4.53. The van der Waals surface area contributed by atoms with Crippen LogP contribution < -0.4 is 5.32 Å². The van der Waals surface area contributed by atoms with Crippen molar-refractivity contribution >= 4 is 0 Å². The first-order valence-electron chi connectivity index (χ1n) is 5.02. The molecule has 0 amide bonds. The molecule has 0 aliphatic heterocycles. The van der Waals surface area contributed by atoms with Gasteiger partial charge in [0.05, 0.1) is 6.20 Å². The van der Waals surface area contributed by atoms with Crippen LogP contribution in [0.1, 0.15) is 25.8 Å². The fourth-order valence-electron chi connectivity index (χ4n) is 1.16. The first-order chi connectivity index (χ1) is 6.72. The molecule has 2 nitrogen and oxygen atoms in total. The molecule has 0 radical (unpaired) electrons. The van der Waals surface area contributed by atoms with Crippen molar-refractivity contribution in [3.8, 4) is 0 Å². The van der Waals surface area contributed by atoms with Gasteiger partial charge in [-0.15, -0.1) is 0 Å². The Bertz CT molecular complexity index is 276.